The third-order valence-electron chi connectivity index (χ3n) is 3.11. The predicted octanol–water partition coefficient (Wildman–Crippen LogP) is 3.45. The van der Waals surface area contributed by atoms with Gasteiger partial charge in [-0.25, -0.2) is 0 Å². The largest absolute Gasteiger partial charge is 0.298 e. The number of nitrogens with zero attached hydrogens (tertiary/aromatic N) is 1. The lowest BCUT2D eigenvalue weighted by Gasteiger charge is -2.08. The number of fused-ring (bicyclic) bond motifs is 1. The van der Waals surface area contributed by atoms with Gasteiger partial charge in [0.15, 0.2) is 6.29 Å². The van der Waals surface area contributed by atoms with Crippen LogP contribution in [0.25, 0.3) is 10.9 Å². The Morgan fingerprint density at radius 1 is 1.33 bits per heavy atom. The number of rotatable bonds is 3. The topological polar surface area (TPSA) is 39.1 Å². The summed E-state index contributed by atoms with van der Waals surface area (Å²) in [5.41, 5.74) is 2.17. The quantitative estimate of drug-likeness (QED) is 0.774. The Bertz CT molecular complexity index is 608. The molecule has 0 saturated carbocycles. The molecule has 0 bridgehead atoms. The van der Waals surface area contributed by atoms with Gasteiger partial charge in [0, 0.05) is 23.1 Å². The van der Waals surface area contributed by atoms with Crippen molar-refractivity contribution in [1.29, 1.82) is 0 Å². The summed E-state index contributed by atoms with van der Waals surface area (Å²) in [6.45, 7) is 5.85. The smallest absolute Gasteiger partial charge is 0.231 e. The van der Waals surface area contributed by atoms with Crippen LogP contribution in [0.2, 0.25) is 0 Å². The molecule has 0 aliphatic rings. The van der Waals surface area contributed by atoms with Gasteiger partial charge in [-0.15, -0.1) is 0 Å². The molecule has 1 heterocycles. The second-order valence-corrected chi connectivity index (χ2v) is 4.96. The average molecular weight is 243 g/mol. The van der Waals surface area contributed by atoms with Gasteiger partial charge >= 0.3 is 0 Å². The molecular formula is C15H17NO2. The molecule has 18 heavy (non-hydrogen) atoms. The highest BCUT2D eigenvalue weighted by atomic mass is 16.2. The molecule has 0 spiro atoms. The summed E-state index contributed by atoms with van der Waals surface area (Å²) in [5.74, 6) is 0.351. The Morgan fingerprint density at radius 2 is 2.00 bits per heavy atom. The van der Waals surface area contributed by atoms with Crippen LogP contribution in [-0.2, 0) is 0 Å². The molecule has 0 unspecified atom stereocenters. The van der Waals surface area contributed by atoms with Crippen molar-refractivity contribution in [3.8, 4) is 0 Å². The van der Waals surface area contributed by atoms with E-state index in [2.05, 4.69) is 0 Å². The van der Waals surface area contributed by atoms with E-state index in [1.165, 1.54) is 0 Å². The van der Waals surface area contributed by atoms with Gasteiger partial charge in [-0.2, -0.15) is 0 Å². The predicted molar refractivity (Wildman–Crippen MR) is 72.1 cm³/mol. The third kappa shape index (κ3) is 1.96. The van der Waals surface area contributed by atoms with Crippen LogP contribution in [0.1, 0.15) is 41.1 Å². The molecule has 0 aliphatic heterocycles. The Balaban J connectivity index is 2.67. The van der Waals surface area contributed by atoms with Crippen molar-refractivity contribution < 1.29 is 9.59 Å². The lowest BCUT2D eigenvalue weighted by atomic mass is 10.1. The van der Waals surface area contributed by atoms with E-state index >= 15 is 0 Å². The number of para-hydroxylation sites is 1. The summed E-state index contributed by atoms with van der Waals surface area (Å²) in [6.07, 6.45) is 1.31. The Kier molecular flexibility index (Phi) is 3.32. The Hall–Kier alpha value is -1.90. The summed E-state index contributed by atoms with van der Waals surface area (Å²) < 4.78 is 1.67. The van der Waals surface area contributed by atoms with E-state index < -0.39 is 0 Å². The van der Waals surface area contributed by atoms with Crippen LogP contribution in [0.15, 0.2) is 24.3 Å². The van der Waals surface area contributed by atoms with E-state index in [-0.39, 0.29) is 5.91 Å². The Labute approximate surface area is 106 Å². The maximum absolute atomic E-state index is 12.3. The van der Waals surface area contributed by atoms with Crippen molar-refractivity contribution in [2.75, 3.05) is 0 Å². The Morgan fingerprint density at radius 3 is 2.61 bits per heavy atom. The van der Waals surface area contributed by atoms with Crippen LogP contribution in [0, 0.1) is 12.8 Å². The number of carbonyl (C=O) groups excluding carboxylic acids is 2. The molecule has 3 heteroatoms. The van der Waals surface area contributed by atoms with Crippen LogP contribution in [0.4, 0.5) is 0 Å². The minimum Gasteiger partial charge on any atom is -0.298 e. The van der Waals surface area contributed by atoms with Crippen molar-refractivity contribution >= 4 is 23.1 Å². The van der Waals surface area contributed by atoms with Crippen molar-refractivity contribution in [2.45, 2.75) is 27.2 Å². The minimum absolute atomic E-state index is 0.0480. The maximum atomic E-state index is 12.3. The van der Waals surface area contributed by atoms with Gasteiger partial charge < -0.3 is 0 Å². The van der Waals surface area contributed by atoms with Crippen LogP contribution in [0.5, 0.6) is 0 Å². The molecule has 2 rings (SSSR count). The molecule has 2 aromatic rings. The molecule has 0 radical (unpaired) electrons. The molecule has 0 atom stereocenters. The molecule has 1 aromatic carbocycles. The summed E-state index contributed by atoms with van der Waals surface area (Å²) in [7, 11) is 0. The second-order valence-electron chi connectivity index (χ2n) is 4.96. The fraction of sp³-hybridized carbons (Fsp3) is 0.333. The lowest BCUT2D eigenvalue weighted by molar-refractivity contribution is 0.0890. The molecule has 1 aromatic heterocycles. The number of carbonyl (C=O) groups is 2. The van der Waals surface area contributed by atoms with Crippen LogP contribution < -0.4 is 0 Å². The third-order valence-corrected chi connectivity index (χ3v) is 3.11. The zero-order valence-electron chi connectivity index (χ0n) is 10.9. The SMILES string of the molecule is Cc1c(C=O)c2ccccc2n1C(=O)CC(C)C. The van der Waals surface area contributed by atoms with Crippen molar-refractivity contribution in [1.82, 2.24) is 4.57 Å². The van der Waals surface area contributed by atoms with Crippen LogP contribution in [0.3, 0.4) is 0 Å². The van der Waals surface area contributed by atoms with Crippen molar-refractivity contribution in [3.05, 3.63) is 35.5 Å². The zero-order valence-corrected chi connectivity index (χ0v) is 10.9. The van der Waals surface area contributed by atoms with Gasteiger partial charge in [-0.1, -0.05) is 32.0 Å². The fourth-order valence-electron chi connectivity index (χ4n) is 2.30. The molecule has 0 fully saturated rings. The monoisotopic (exact) mass is 243 g/mol. The number of aldehydes is 1. The summed E-state index contributed by atoms with van der Waals surface area (Å²) in [4.78, 5) is 23.4. The molecule has 0 amide bonds. The van der Waals surface area contributed by atoms with Gasteiger partial charge in [0.1, 0.15) is 0 Å². The van der Waals surface area contributed by atoms with Gasteiger partial charge in [0.2, 0.25) is 5.91 Å². The second kappa shape index (κ2) is 4.77. The molecule has 0 saturated heterocycles. The lowest BCUT2D eigenvalue weighted by Crippen LogP contribution is -2.14. The fourth-order valence-corrected chi connectivity index (χ4v) is 2.30. The van der Waals surface area contributed by atoms with E-state index in [1.54, 1.807) is 4.57 Å². The average Bonchev–Trinajstić information content (AvgIpc) is 2.59. The highest BCUT2D eigenvalue weighted by molar-refractivity contribution is 6.04. The minimum atomic E-state index is 0.0480. The standard InChI is InChI=1S/C15H17NO2/c1-10(2)8-15(18)16-11(3)13(9-17)12-6-4-5-7-14(12)16/h4-7,9-10H,8H2,1-3H3. The number of aromatic nitrogens is 1. The number of hydrogen-bond donors (Lipinski definition) is 0. The van der Waals surface area contributed by atoms with E-state index in [1.807, 2.05) is 45.0 Å². The van der Waals surface area contributed by atoms with E-state index in [9.17, 15) is 9.59 Å². The van der Waals surface area contributed by atoms with E-state index in [0.717, 1.165) is 22.9 Å². The zero-order chi connectivity index (χ0) is 13.3. The highest BCUT2D eigenvalue weighted by Gasteiger charge is 2.18. The van der Waals surface area contributed by atoms with E-state index in [0.29, 0.717) is 17.9 Å². The van der Waals surface area contributed by atoms with Gasteiger partial charge in [0.05, 0.1) is 5.52 Å². The first-order valence-electron chi connectivity index (χ1n) is 6.14. The van der Waals surface area contributed by atoms with Crippen molar-refractivity contribution in [2.24, 2.45) is 5.92 Å². The number of benzene rings is 1. The van der Waals surface area contributed by atoms with Gasteiger partial charge in [-0.05, 0) is 18.9 Å². The van der Waals surface area contributed by atoms with Gasteiger partial charge in [-0.3, -0.25) is 14.2 Å². The first-order chi connectivity index (χ1) is 8.56. The van der Waals surface area contributed by atoms with Crippen molar-refractivity contribution in [3.63, 3.8) is 0 Å². The summed E-state index contributed by atoms with van der Waals surface area (Å²) in [5, 5.41) is 0.849. The molecular weight excluding hydrogens is 226 g/mol. The summed E-state index contributed by atoms with van der Waals surface area (Å²) in [6, 6.07) is 7.53. The summed E-state index contributed by atoms with van der Waals surface area (Å²) >= 11 is 0. The first-order valence-corrected chi connectivity index (χ1v) is 6.14. The molecule has 0 aliphatic carbocycles. The normalized spacial score (nSPS) is 11.1. The first kappa shape index (κ1) is 12.6. The molecule has 3 nitrogen and oxygen atoms in total. The molecule has 0 N–H and O–H groups in total. The van der Waals surface area contributed by atoms with Crippen LogP contribution in [-0.4, -0.2) is 16.8 Å². The highest BCUT2D eigenvalue weighted by Crippen LogP contribution is 2.25. The van der Waals surface area contributed by atoms with Gasteiger partial charge in [0.25, 0.3) is 0 Å². The van der Waals surface area contributed by atoms with E-state index in [4.69, 9.17) is 0 Å². The molecule has 94 valence electrons. The maximum Gasteiger partial charge on any atom is 0.231 e. The number of hydrogen-bond acceptors (Lipinski definition) is 2. The van der Waals surface area contributed by atoms with Crippen LogP contribution >= 0.6 is 0 Å².